The van der Waals surface area contributed by atoms with Crippen LogP contribution in [0.25, 0.3) is 11.0 Å². The van der Waals surface area contributed by atoms with Crippen LogP contribution in [0, 0.1) is 11.8 Å². The van der Waals surface area contributed by atoms with Crippen molar-refractivity contribution in [3.8, 4) is 0 Å². The zero-order valence-electron chi connectivity index (χ0n) is 23.0. The van der Waals surface area contributed by atoms with Crippen molar-refractivity contribution in [2.45, 2.75) is 55.3 Å². The highest BCUT2D eigenvalue weighted by molar-refractivity contribution is 8.02. The van der Waals surface area contributed by atoms with Crippen LogP contribution in [-0.2, 0) is 21.1 Å². The summed E-state index contributed by atoms with van der Waals surface area (Å²) in [6.07, 6.45) is 6.04. The van der Waals surface area contributed by atoms with Crippen LogP contribution >= 0.6 is 11.8 Å². The Kier molecular flexibility index (Phi) is 8.32. The number of aliphatic hydroxyl groups excluding tert-OH is 1. The highest BCUT2D eigenvalue weighted by Gasteiger charge is 2.74. The second-order valence-electron chi connectivity index (χ2n) is 10.8. The third-order valence-corrected chi connectivity index (χ3v) is 10.4. The minimum absolute atomic E-state index is 0.00646. The molecule has 10 nitrogen and oxygen atoms in total. The number of carbonyl (C=O) groups excluding carboxylic acids is 3. The first kappa shape index (κ1) is 28.4. The molecule has 2 aromatic rings. The molecular weight excluding hydrogens is 528 g/mol. The predicted molar refractivity (Wildman–Crippen MR) is 154 cm³/mol. The zero-order chi connectivity index (χ0) is 28.4. The topological polar surface area (TPSA) is 112 Å². The van der Waals surface area contributed by atoms with Crippen molar-refractivity contribution in [2.75, 3.05) is 32.8 Å². The molecule has 3 saturated heterocycles. The predicted octanol–water partition coefficient (Wildman–Crippen LogP) is 2.30. The molecular formula is C29H38N6O4S. The van der Waals surface area contributed by atoms with Gasteiger partial charge in [0.25, 0.3) is 0 Å². The van der Waals surface area contributed by atoms with Crippen molar-refractivity contribution < 1.29 is 19.5 Å². The zero-order valence-corrected chi connectivity index (χ0v) is 23.8. The summed E-state index contributed by atoms with van der Waals surface area (Å²) >= 11 is 1.66. The van der Waals surface area contributed by atoms with Gasteiger partial charge in [0, 0.05) is 38.0 Å². The number of thioether (sulfide) groups is 1. The first-order valence-corrected chi connectivity index (χ1v) is 15.0. The van der Waals surface area contributed by atoms with Gasteiger partial charge >= 0.3 is 0 Å². The maximum absolute atomic E-state index is 14.5. The molecule has 3 fully saturated rings. The van der Waals surface area contributed by atoms with E-state index < -0.39 is 22.6 Å². The molecule has 40 heavy (non-hydrogen) atoms. The van der Waals surface area contributed by atoms with Crippen LogP contribution in [0.15, 0.2) is 49.6 Å². The molecule has 2 unspecified atom stereocenters. The minimum Gasteiger partial charge on any atom is -0.396 e. The molecule has 11 heteroatoms. The Labute approximate surface area is 239 Å². The maximum Gasteiger partial charge on any atom is 0.248 e. The number of rotatable bonds is 13. The first-order valence-electron chi connectivity index (χ1n) is 14.1. The molecule has 5 atom stereocenters. The lowest BCUT2D eigenvalue weighted by Crippen LogP contribution is -2.55. The Balaban J connectivity index is 1.50. The molecule has 4 heterocycles. The smallest absolute Gasteiger partial charge is 0.248 e. The van der Waals surface area contributed by atoms with Gasteiger partial charge in [0.2, 0.25) is 17.7 Å². The highest BCUT2D eigenvalue weighted by Crippen LogP contribution is 2.66. The molecule has 1 aromatic carbocycles. The number of aromatic nitrogens is 3. The van der Waals surface area contributed by atoms with Crippen molar-refractivity contribution in [1.29, 1.82) is 0 Å². The van der Waals surface area contributed by atoms with Crippen LogP contribution in [0.3, 0.4) is 0 Å². The van der Waals surface area contributed by atoms with Gasteiger partial charge in [0.1, 0.15) is 18.2 Å². The molecule has 5 rings (SSSR count). The normalized spacial score (nSPS) is 26.8. The molecule has 3 amide bonds. The van der Waals surface area contributed by atoms with E-state index in [0.29, 0.717) is 25.9 Å². The monoisotopic (exact) mass is 566 g/mol. The van der Waals surface area contributed by atoms with Crippen molar-refractivity contribution in [3.05, 3.63) is 49.6 Å². The SMILES string of the molecule is C=CCN(Cn1nnc2ccccc21)C(=O)C1N(CCCO)C(=O)[C@@H]2[C@@H](C(=O)N(CC=C)CCC)[C@H]3CCC12S3. The van der Waals surface area contributed by atoms with E-state index >= 15 is 0 Å². The van der Waals surface area contributed by atoms with E-state index in [-0.39, 0.29) is 49.3 Å². The van der Waals surface area contributed by atoms with E-state index in [4.69, 9.17) is 0 Å². The van der Waals surface area contributed by atoms with E-state index in [1.807, 2.05) is 31.2 Å². The lowest BCUT2D eigenvalue weighted by Gasteiger charge is -2.37. The second-order valence-corrected chi connectivity index (χ2v) is 12.4. The third kappa shape index (κ3) is 4.62. The molecule has 0 aliphatic carbocycles. The van der Waals surface area contributed by atoms with Gasteiger partial charge in [0.05, 0.1) is 22.1 Å². The minimum atomic E-state index is -0.738. The molecule has 0 saturated carbocycles. The molecule has 1 N–H and O–H groups in total. The summed E-state index contributed by atoms with van der Waals surface area (Å²) in [5, 5.41) is 18.1. The van der Waals surface area contributed by atoms with Crippen LogP contribution in [0.5, 0.6) is 0 Å². The summed E-state index contributed by atoms with van der Waals surface area (Å²) in [5.41, 5.74) is 1.54. The van der Waals surface area contributed by atoms with Crippen LogP contribution in [-0.4, -0.2) is 101 Å². The van der Waals surface area contributed by atoms with Crippen LogP contribution in [0.1, 0.15) is 32.6 Å². The lowest BCUT2D eigenvalue weighted by atomic mass is 9.70. The highest BCUT2D eigenvalue weighted by atomic mass is 32.2. The Morgan fingerprint density at radius 3 is 2.67 bits per heavy atom. The van der Waals surface area contributed by atoms with E-state index in [2.05, 4.69) is 23.5 Å². The van der Waals surface area contributed by atoms with Crippen molar-refractivity contribution in [1.82, 2.24) is 29.7 Å². The van der Waals surface area contributed by atoms with Gasteiger partial charge in [-0.3, -0.25) is 14.4 Å². The first-order chi connectivity index (χ1) is 19.4. The van der Waals surface area contributed by atoms with Crippen molar-refractivity contribution >= 4 is 40.5 Å². The molecule has 3 aliphatic rings. The van der Waals surface area contributed by atoms with E-state index in [0.717, 1.165) is 23.9 Å². The number of fused-ring (bicyclic) bond motifs is 2. The average molecular weight is 567 g/mol. The van der Waals surface area contributed by atoms with Gasteiger partial charge < -0.3 is 19.8 Å². The molecule has 1 spiro atoms. The van der Waals surface area contributed by atoms with Gasteiger partial charge in [-0.1, -0.05) is 36.4 Å². The van der Waals surface area contributed by atoms with Gasteiger partial charge in [-0.05, 0) is 37.8 Å². The summed E-state index contributed by atoms with van der Waals surface area (Å²) in [5.74, 6) is -1.41. The second kappa shape index (κ2) is 11.7. The molecule has 3 aliphatic heterocycles. The maximum atomic E-state index is 14.5. The lowest BCUT2D eigenvalue weighted by molar-refractivity contribution is -0.145. The largest absolute Gasteiger partial charge is 0.396 e. The van der Waals surface area contributed by atoms with Crippen LogP contribution in [0.2, 0.25) is 0 Å². The van der Waals surface area contributed by atoms with Gasteiger partial charge in [0.15, 0.2) is 0 Å². The molecule has 1 aromatic heterocycles. The fourth-order valence-corrected chi connectivity index (χ4v) is 9.06. The van der Waals surface area contributed by atoms with Crippen LogP contribution in [0.4, 0.5) is 0 Å². The summed E-state index contributed by atoms with van der Waals surface area (Å²) in [7, 11) is 0. The number of likely N-dealkylation sites (tertiary alicyclic amines) is 1. The molecule has 214 valence electrons. The van der Waals surface area contributed by atoms with Crippen molar-refractivity contribution in [3.63, 3.8) is 0 Å². The number of hydrogen-bond acceptors (Lipinski definition) is 7. The number of hydrogen-bond donors (Lipinski definition) is 1. The van der Waals surface area contributed by atoms with E-state index in [1.54, 1.807) is 43.3 Å². The van der Waals surface area contributed by atoms with Crippen molar-refractivity contribution in [2.24, 2.45) is 11.8 Å². The Morgan fingerprint density at radius 1 is 1.20 bits per heavy atom. The third-order valence-electron chi connectivity index (χ3n) is 8.42. The number of para-hydroxylation sites is 1. The molecule has 0 radical (unpaired) electrons. The number of nitrogens with zero attached hydrogens (tertiary/aromatic N) is 6. The summed E-state index contributed by atoms with van der Waals surface area (Å²) in [6, 6.07) is 6.82. The Morgan fingerprint density at radius 2 is 1.95 bits per heavy atom. The Hall–Kier alpha value is -3.18. The summed E-state index contributed by atoms with van der Waals surface area (Å²) < 4.78 is 0.995. The number of aliphatic hydroxyl groups is 1. The van der Waals surface area contributed by atoms with Crippen LogP contribution < -0.4 is 0 Å². The van der Waals surface area contributed by atoms with E-state index in [1.165, 1.54) is 0 Å². The fourth-order valence-electron chi connectivity index (χ4n) is 6.85. The van der Waals surface area contributed by atoms with Gasteiger partial charge in [-0.2, -0.15) is 0 Å². The molecule has 2 bridgehead atoms. The fraction of sp³-hybridized carbons (Fsp3) is 0.552. The number of benzene rings is 1. The number of amides is 3. The van der Waals surface area contributed by atoms with Gasteiger partial charge in [-0.25, -0.2) is 4.68 Å². The number of carbonyl (C=O) groups is 3. The van der Waals surface area contributed by atoms with Gasteiger partial charge in [-0.15, -0.1) is 30.0 Å². The summed E-state index contributed by atoms with van der Waals surface area (Å²) in [4.78, 5) is 47.6. The summed E-state index contributed by atoms with van der Waals surface area (Å²) in [6.45, 7) is 11.3. The standard InChI is InChI=1S/C29H38N6O4S/c1-4-14-32(15-5-2)26(37)23-22-12-13-29(40-22)24(23)27(38)34(17-9-18-36)25(29)28(39)33(16-6-3)19-35-21-11-8-7-10-20(21)30-31-35/h4,6-8,10-11,22-25,36H,1,3,5,9,12-19H2,2H3/t22-,23+,24+,25?,29?/m1/s1. The van der Waals surface area contributed by atoms with E-state index in [9.17, 15) is 19.5 Å². The average Bonchev–Trinajstić information content (AvgIpc) is 3.70. The quantitative estimate of drug-likeness (QED) is 0.371. The Bertz CT molecular complexity index is 1300.